The van der Waals surface area contributed by atoms with Gasteiger partial charge in [0, 0.05) is 63.4 Å². The summed E-state index contributed by atoms with van der Waals surface area (Å²) in [5, 5.41) is 10.1. The second kappa shape index (κ2) is 13.8. The van der Waals surface area contributed by atoms with Crippen LogP contribution in [0.3, 0.4) is 0 Å². The quantitative estimate of drug-likeness (QED) is 0.106. The normalized spacial score (nSPS) is 11.4. The van der Waals surface area contributed by atoms with Crippen molar-refractivity contribution >= 4 is 71.7 Å². The van der Waals surface area contributed by atoms with Crippen molar-refractivity contribution in [2.75, 3.05) is 21.3 Å². The molecule has 11 nitrogen and oxygen atoms in total. The topological polar surface area (TPSA) is 148 Å². The number of aromatic nitrogens is 4. The lowest BCUT2D eigenvalue weighted by Gasteiger charge is -2.11. The molecule has 0 unspecified atom stereocenters. The lowest BCUT2D eigenvalue weighted by Crippen LogP contribution is -2.12. The monoisotopic (exact) mass is 707 g/mol. The van der Waals surface area contributed by atoms with Gasteiger partial charge in [-0.15, -0.1) is 0 Å². The molecule has 0 bridgehead atoms. The van der Waals surface area contributed by atoms with E-state index in [0.29, 0.717) is 56.1 Å². The summed E-state index contributed by atoms with van der Waals surface area (Å²) < 4.78 is 27.5. The van der Waals surface area contributed by atoms with E-state index >= 15 is 0 Å². The Morgan fingerprint density at radius 2 is 1.60 bits per heavy atom. The standard InChI is InChI=1S/C34H26BrN7O4S/c35-16-5-10-32(43)40-26-13-11-23(12-14-26)34(44)41-28-7-4-6-27(19-28)39-31-20-30(37-22-38-31)25-18-24-15-17-42(33(24)36-21-25)47(45,46)29-8-2-1-3-9-29/h1-15,17-22H,16H2,(H,40,43)(H,41,44)(H,37,38,39)/b10-5+. The van der Waals surface area contributed by atoms with Crippen molar-refractivity contribution in [3.05, 3.63) is 133 Å². The largest absolute Gasteiger partial charge is 0.340 e. The average molecular weight is 709 g/mol. The van der Waals surface area contributed by atoms with E-state index < -0.39 is 10.0 Å². The molecule has 0 fully saturated rings. The van der Waals surface area contributed by atoms with E-state index in [2.05, 4.69) is 46.8 Å². The van der Waals surface area contributed by atoms with Gasteiger partial charge in [0.1, 0.15) is 12.1 Å². The van der Waals surface area contributed by atoms with Crippen LogP contribution in [0.15, 0.2) is 133 Å². The fourth-order valence-electron chi connectivity index (χ4n) is 4.69. The first-order valence-corrected chi connectivity index (χ1v) is 16.8. The van der Waals surface area contributed by atoms with Gasteiger partial charge in [-0.25, -0.2) is 27.3 Å². The van der Waals surface area contributed by atoms with Crippen LogP contribution in [0.4, 0.5) is 22.9 Å². The molecule has 2 amide bonds. The molecular formula is C34H26BrN7O4S. The maximum Gasteiger partial charge on any atom is 0.269 e. The highest BCUT2D eigenvalue weighted by Gasteiger charge is 2.20. The molecule has 47 heavy (non-hydrogen) atoms. The molecule has 6 rings (SSSR count). The van der Waals surface area contributed by atoms with E-state index in [1.165, 1.54) is 22.6 Å². The van der Waals surface area contributed by atoms with Crippen molar-refractivity contribution < 1.29 is 18.0 Å². The molecule has 3 aromatic heterocycles. The molecule has 0 spiro atoms. The summed E-state index contributed by atoms with van der Waals surface area (Å²) in [4.78, 5) is 38.1. The number of halogens is 1. The van der Waals surface area contributed by atoms with Gasteiger partial charge in [0.2, 0.25) is 5.91 Å². The van der Waals surface area contributed by atoms with Crippen LogP contribution in [0.1, 0.15) is 10.4 Å². The molecule has 0 saturated carbocycles. The molecule has 0 radical (unpaired) electrons. The number of allylic oxidation sites excluding steroid dienone is 1. The molecule has 3 heterocycles. The fraction of sp³-hybridized carbons (Fsp3) is 0.0294. The minimum atomic E-state index is -3.80. The highest BCUT2D eigenvalue weighted by atomic mass is 79.9. The van der Waals surface area contributed by atoms with Crippen LogP contribution in [0.25, 0.3) is 22.3 Å². The highest BCUT2D eigenvalue weighted by molar-refractivity contribution is 9.09. The molecule has 3 N–H and O–H groups in total. The predicted octanol–water partition coefficient (Wildman–Crippen LogP) is 6.62. The Balaban J connectivity index is 1.14. The van der Waals surface area contributed by atoms with Gasteiger partial charge in [-0.2, -0.15) is 0 Å². The van der Waals surface area contributed by atoms with Gasteiger partial charge in [-0.05, 0) is 66.7 Å². The summed E-state index contributed by atoms with van der Waals surface area (Å²) >= 11 is 3.23. The van der Waals surface area contributed by atoms with Crippen molar-refractivity contribution in [2.45, 2.75) is 4.90 Å². The Bertz CT molecular complexity index is 2220. The van der Waals surface area contributed by atoms with E-state index in [9.17, 15) is 18.0 Å². The van der Waals surface area contributed by atoms with Crippen LogP contribution in [0.2, 0.25) is 0 Å². The molecule has 0 aliphatic rings. The first-order valence-electron chi connectivity index (χ1n) is 14.2. The average Bonchev–Trinajstić information content (AvgIpc) is 3.53. The van der Waals surface area contributed by atoms with Crippen LogP contribution in [-0.4, -0.2) is 44.5 Å². The number of nitrogens with zero attached hydrogens (tertiary/aromatic N) is 4. The summed E-state index contributed by atoms with van der Waals surface area (Å²) in [6, 6.07) is 27.2. The number of alkyl halides is 1. The molecule has 0 atom stereocenters. The molecule has 234 valence electrons. The van der Waals surface area contributed by atoms with Crippen molar-refractivity contribution in [3.63, 3.8) is 0 Å². The summed E-state index contributed by atoms with van der Waals surface area (Å²) in [6.07, 6.45) is 7.60. The maximum absolute atomic E-state index is 13.2. The lowest BCUT2D eigenvalue weighted by molar-refractivity contribution is -0.111. The minimum Gasteiger partial charge on any atom is -0.340 e. The Kier molecular flexibility index (Phi) is 9.18. The smallest absolute Gasteiger partial charge is 0.269 e. The van der Waals surface area contributed by atoms with Crippen molar-refractivity contribution in [3.8, 4) is 11.3 Å². The molecule has 3 aromatic carbocycles. The van der Waals surface area contributed by atoms with Crippen LogP contribution in [0.5, 0.6) is 0 Å². The summed E-state index contributed by atoms with van der Waals surface area (Å²) in [6.45, 7) is 0. The Morgan fingerprint density at radius 1 is 0.809 bits per heavy atom. The zero-order valence-corrected chi connectivity index (χ0v) is 26.9. The van der Waals surface area contributed by atoms with E-state index in [1.54, 1.807) is 97.2 Å². The lowest BCUT2D eigenvalue weighted by atomic mass is 10.1. The van der Waals surface area contributed by atoms with Gasteiger partial charge in [0.15, 0.2) is 5.65 Å². The first-order chi connectivity index (χ1) is 22.8. The summed E-state index contributed by atoms with van der Waals surface area (Å²) in [5.41, 5.74) is 3.82. The zero-order valence-electron chi connectivity index (χ0n) is 24.5. The van der Waals surface area contributed by atoms with Crippen molar-refractivity contribution in [2.24, 2.45) is 0 Å². The number of benzene rings is 3. The SMILES string of the molecule is O=C(/C=C/CBr)Nc1ccc(C(=O)Nc2cccc(Nc3cc(-c4cnc5c(ccn5S(=O)(=O)c5ccccc5)c4)ncn3)c2)cc1. The van der Waals surface area contributed by atoms with Gasteiger partial charge >= 0.3 is 0 Å². The number of carbonyl (C=O) groups excluding carboxylic acids is 2. The Hall–Kier alpha value is -5.66. The predicted molar refractivity (Wildman–Crippen MR) is 185 cm³/mol. The van der Waals surface area contributed by atoms with E-state index in [0.717, 1.165) is 0 Å². The Labute approximate surface area is 278 Å². The second-order valence-electron chi connectivity index (χ2n) is 10.1. The highest BCUT2D eigenvalue weighted by Crippen LogP contribution is 2.27. The van der Waals surface area contributed by atoms with Crippen LogP contribution >= 0.6 is 15.9 Å². The van der Waals surface area contributed by atoms with Crippen molar-refractivity contribution in [1.82, 2.24) is 18.9 Å². The van der Waals surface area contributed by atoms with Gasteiger partial charge in [-0.1, -0.05) is 46.3 Å². The van der Waals surface area contributed by atoms with E-state index in [4.69, 9.17) is 0 Å². The van der Waals surface area contributed by atoms with Crippen LogP contribution < -0.4 is 16.0 Å². The molecule has 0 aliphatic carbocycles. The number of anilines is 4. The third kappa shape index (κ3) is 7.27. The maximum atomic E-state index is 13.2. The molecule has 6 aromatic rings. The van der Waals surface area contributed by atoms with Gasteiger partial charge in [0.25, 0.3) is 15.9 Å². The number of amides is 2. The Morgan fingerprint density at radius 3 is 2.38 bits per heavy atom. The number of rotatable bonds is 10. The minimum absolute atomic E-state index is 0.175. The number of nitrogens with one attached hydrogen (secondary N) is 3. The van der Waals surface area contributed by atoms with Crippen molar-refractivity contribution in [1.29, 1.82) is 0 Å². The van der Waals surface area contributed by atoms with Crippen LogP contribution in [-0.2, 0) is 14.8 Å². The zero-order chi connectivity index (χ0) is 32.8. The number of hydrogen-bond acceptors (Lipinski definition) is 8. The summed E-state index contributed by atoms with van der Waals surface area (Å²) in [5.74, 6) is -0.0605. The van der Waals surface area contributed by atoms with E-state index in [1.807, 2.05) is 12.1 Å². The number of fused-ring (bicyclic) bond motifs is 1. The molecule has 13 heteroatoms. The summed E-state index contributed by atoms with van der Waals surface area (Å²) in [7, 11) is -3.80. The third-order valence-corrected chi connectivity index (χ3v) is 8.98. The second-order valence-corrected chi connectivity index (χ2v) is 12.6. The number of pyridine rings is 1. The molecular weight excluding hydrogens is 682 g/mol. The molecule has 0 saturated heterocycles. The number of carbonyl (C=O) groups is 2. The molecule has 0 aliphatic heterocycles. The third-order valence-electron chi connectivity index (χ3n) is 6.92. The van der Waals surface area contributed by atoms with Gasteiger partial charge < -0.3 is 16.0 Å². The van der Waals surface area contributed by atoms with E-state index in [-0.39, 0.29) is 16.7 Å². The first kappa shape index (κ1) is 31.3. The van der Waals surface area contributed by atoms with Gasteiger partial charge in [0.05, 0.1) is 10.6 Å². The fourth-order valence-corrected chi connectivity index (χ4v) is 6.21. The van der Waals surface area contributed by atoms with Crippen LogP contribution in [0, 0.1) is 0 Å². The van der Waals surface area contributed by atoms with Gasteiger partial charge in [-0.3, -0.25) is 9.59 Å². The number of hydrogen-bond donors (Lipinski definition) is 3.